The van der Waals surface area contributed by atoms with Gasteiger partial charge in [-0.1, -0.05) is 25.1 Å². The summed E-state index contributed by atoms with van der Waals surface area (Å²) in [6.07, 6.45) is 3.37. The third kappa shape index (κ3) is 4.00. The van der Waals surface area contributed by atoms with Gasteiger partial charge in [0, 0.05) is 16.1 Å². The van der Waals surface area contributed by atoms with Crippen LogP contribution in [0.4, 0.5) is 5.69 Å². The van der Waals surface area contributed by atoms with E-state index in [9.17, 15) is 4.79 Å². The van der Waals surface area contributed by atoms with E-state index in [1.54, 1.807) is 23.9 Å². The Labute approximate surface area is 123 Å². The first-order valence-electron chi connectivity index (χ1n) is 6.50. The van der Waals surface area contributed by atoms with E-state index in [-0.39, 0.29) is 5.78 Å². The average molecular weight is 283 g/mol. The predicted molar refractivity (Wildman–Crippen MR) is 87.1 cm³/mol. The van der Waals surface area contributed by atoms with Gasteiger partial charge in [-0.05, 0) is 53.8 Å². The van der Waals surface area contributed by atoms with Crippen LogP contribution in [-0.2, 0) is 0 Å². The summed E-state index contributed by atoms with van der Waals surface area (Å²) in [6.45, 7) is 2.11. The highest BCUT2D eigenvalue weighted by atomic mass is 32.2. The van der Waals surface area contributed by atoms with Gasteiger partial charge in [-0.3, -0.25) is 4.79 Å². The maximum atomic E-state index is 12.0. The van der Waals surface area contributed by atoms with Crippen molar-refractivity contribution in [3.8, 4) is 0 Å². The van der Waals surface area contributed by atoms with Crippen LogP contribution >= 0.6 is 11.8 Å². The summed E-state index contributed by atoms with van der Waals surface area (Å²) in [5, 5.41) is 0. The molecule has 0 bridgehead atoms. The van der Waals surface area contributed by atoms with Gasteiger partial charge in [-0.15, -0.1) is 11.8 Å². The molecule has 0 heterocycles. The Hall–Kier alpha value is -2.00. The molecule has 0 aliphatic rings. The quantitative estimate of drug-likeness (QED) is 0.385. The molecule has 0 aliphatic heterocycles. The fourth-order valence-electron chi connectivity index (χ4n) is 1.81. The lowest BCUT2D eigenvalue weighted by atomic mass is 10.1. The van der Waals surface area contributed by atoms with Crippen molar-refractivity contribution in [1.29, 1.82) is 0 Å². The molecule has 0 saturated carbocycles. The fraction of sp³-hybridized carbons (Fsp3) is 0.118. The van der Waals surface area contributed by atoms with Gasteiger partial charge in [-0.25, -0.2) is 0 Å². The molecule has 0 spiro atoms. The second-order valence-electron chi connectivity index (χ2n) is 4.33. The number of ketones is 1. The van der Waals surface area contributed by atoms with Gasteiger partial charge in [0.2, 0.25) is 0 Å². The molecule has 0 unspecified atom stereocenters. The van der Waals surface area contributed by atoms with Gasteiger partial charge < -0.3 is 5.73 Å². The molecule has 2 rings (SSSR count). The first kappa shape index (κ1) is 14.4. The van der Waals surface area contributed by atoms with Crippen molar-refractivity contribution >= 4 is 29.3 Å². The number of carbonyl (C=O) groups excluding carboxylic acids is 1. The third-order valence-corrected chi connectivity index (χ3v) is 3.68. The van der Waals surface area contributed by atoms with Crippen molar-refractivity contribution in [2.24, 2.45) is 0 Å². The van der Waals surface area contributed by atoms with Crippen molar-refractivity contribution in [1.82, 2.24) is 0 Å². The number of rotatable bonds is 5. The van der Waals surface area contributed by atoms with Crippen LogP contribution in [0.2, 0.25) is 0 Å². The molecule has 2 aromatic carbocycles. The minimum absolute atomic E-state index is 0.000438. The highest BCUT2D eigenvalue weighted by Crippen LogP contribution is 2.18. The zero-order chi connectivity index (χ0) is 14.4. The van der Waals surface area contributed by atoms with E-state index < -0.39 is 0 Å². The molecule has 2 aromatic rings. The van der Waals surface area contributed by atoms with Gasteiger partial charge in [0.15, 0.2) is 5.78 Å². The molecule has 0 fully saturated rings. The van der Waals surface area contributed by atoms with E-state index in [0.29, 0.717) is 11.3 Å². The number of carbonyl (C=O) groups is 1. The van der Waals surface area contributed by atoms with E-state index >= 15 is 0 Å². The number of hydrogen-bond acceptors (Lipinski definition) is 3. The molecule has 0 aromatic heterocycles. The molecule has 2 nitrogen and oxygen atoms in total. The van der Waals surface area contributed by atoms with Crippen LogP contribution in [0.5, 0.6) is 0 Å². The lowest BCUT2D eigenvalue weighted by Crippen LogP contribution is -1.93. The van der Waals surface area contributed by atoms with Gasteiger partial charge in [0.05, 0.1) is 0 Å². The summed E-state index contributed by atoms with van der Waals surface area (Å²) in [6, 6.07) is 15.1. The van der Waals surface area contributed by atoms with Crippen LogP contribution in [0.3, 0.4) is 0 Å². The summed E-state index contributed by atoms with van der Waals surface area (Å²) < 4.78 is 0. The van der Waals surface area contributed by atoms with E-state index in [1.807, 2.05) is 48.5 Å². The Morgan fingerprint density at radius 3 is 2.60 bits per heavy atom. The molecule has 2 N–H and O–H groups in total. The molecular formula is C17H17NOS. The van der Waals surface area contributed by atoms with Crippen LogP contribution in [0.1, 0.15) is 22.8 Å². The number of nitrogen functional groups attached to an aromatic ring is 1. The van der Waals surface area contributed by atoms with E-state index in [4.69, 9.17) is 5.73 Å². The Morgan fingerprint density at radius 2 is 1.95 bits per heavy atom. The molecular weight excluding hydrogens is 266 g/mol. The molecule has 20 heavy (non-hydrogen) atoms. The fourth-order valence-corrected chi connectivity index (χ4v) is 2.47. The van der Waals surface area contributed by atoms with Gasteiger partial charge >= 0.3 is 0 Å². The number of hydrogen-bond donors (Lipinski definition) is 1. The average Bonchev–Trinajstić information content (AvgIpc) is 2.46. The number of benzene rings is 2. The van der Waals surface area contributed by atoms with Crippen LogP contribution in [0.15, 0.2) is 59.5 Å². The van der Waals surface area contributed by atoms with Crippen molar-refractivity contribution in [3.63, 3.8) is 0 Å². The molecule has 0 amide bonds. The SMILES string of the molecule is CCSc1ccc(C(=O)C=Cc2cccc(N)c2)cc1. The van der Waals surface area contributed by atoms with Crippen LogP contribution in [-0.4, -0.2) is 11.5 Å². The minimum Gasteiger partial charge on any atom is -0.399 e. The lowest BCUT2D eigenvalue weighted by Gasteiger charge is -2.00. The summed E-state index contributed by atoms with van der Waals surface area (Å²) in [4.78, 5) is 13.2. The topological polar surface area (TPSA) is 43.1 Å². The summed E-state index contributed by atoms with van der Waals surface area (Å²) in [5.74, 6) is 1.03. The van der Waals surface area contributed by atoms with Crippen molar-refractivity contribution in [3.05, 3.63) is 65.7 Å². The van der Waals surface area contributed by atoms with Gasteiger partial charge in [0.1, 0.15) is 0 Å². The molecule has 0 saturated heterocycles. The van der Waals surface area contributed by atoms with Crippen molar-refractivity contribution in [2.75, 3.05) is 11.5 Å². The Balaban J connectivity index is 2.07. The highest BCUT2D eigenvalue weighted by molar-refractivity contribution is 7.99. The number of allylic oxidation sites excluding steroid dienone is 1. The first-order chi connectivity index (χ1) is 9.69. The first-order valence-corrected chi connectivity index (χ1v) is 7.48. The van der Waals surface area contributed by atoms with Gasteiger partial charge in [0.25, 0.3) is 0 Å². The largest absolute Gasteiger partial charge is 0.399 e. The highest BCUT2D eigenvalue weighted by Gasteiger charge is 2.01. The minimum atomic E-state index is 0.000438. The third-order valence-electron chi connectivity index (χ3n) is 2.79. The molecule has 0 aliphatic carbocycles. The summed E-state index contributed by atoms with van der Waals surface area (Å²) >= 11 is 1.76. The maximum Gasteiger partial charge on any atom is 0.185 e. The normalized spacial score (nSPS) is 10.8. The van der Waals surface area contributed by atoms with Gasteiger partial charge in [-0.2, -0.15) is 0 Å². The second-order valence-corrected chi connectivity index (χ2v) is 5.66. The zero-order valence-corrected chi connectivity index (χ0v) is 12.2. The predicted octanol–water partition coefficient (Wildman–Crippen LogP) is 4.28. The van der Waals surface area contributed by atoms with Crippen LogP contribution in [0, 0.1) is 0 Å². The Morgan fingerprint density at radius 1 is 1.20 bits per heavy atom. The van der Waals surface area contributed by atoms with Crippen LogP contribution < -0.4 is 5.73 Å². The smallest absolute Gasteiger partial charge is 0.185 e. The summed E-state index contributed by atoms with van der Waals surface area (Å²) in [5.41, 5.74) is 8.02. The van der Waals surface area contributed by atoms with E-state index in [2.05, 4.69) is 6.92 Å². The summed E-state index contributed by atoms with van der Waals surface area (Å²) in [7, 11) is 0. The maximum absolute atomic E-state index is 12.0. The molecule has 0 radical (unpaired) electrons. The van der Waals surface area contributed by atoms with E-state index in [0.717, 1.165) is 11.3 Å². The van der Waals surface area contributed by atoms with E-state index in [1.165, 1.54) is 4.90 Å². The monoisotopic (exact) mass is 283 g/mol. The standard InChI is InChI=1S/C17H17NOS/c1-2-20-16-9-7-14(8-10-16)17(19)11-6-13-4-3-5-15(18)12-13/h3-12H,2,18H2,1H3. The lowest BCUT2D eigenvalue weighted by molar-refractivity contribution is 0.104. The zero-order valence-electron chi connectivity index (χ0n) is 11.4. The molecule has 3 heteroatoms. The van der Waals surface area contributed by atoms with Crippen molar-refractivity contribution < 1.29 is 4.79 Å². The Bertz CT molecular complexity index is 617. The number of anilines is 1. The van der Waals surface area contributed by atoms with Crippen molar-refractivity contribution in [2.45, 2.75) is 11.8 Å². The number of thioether (sulfide) groups is 1. The molecule has 0 atom stereocenters. The number of nitrogens with two attached hydrogens (primary N) is 1. The molecule has 102 valence electrons. The Kier molecular flexibility index (Phi) is 5.02. The van der Waals surface area contributed by atoms with Crippen LogP contribution in [0.25, 0.3) is 6.08 Å². The second kappa shape index (κ2) is 6.96.